The molecule has 4 rings (SSSR count). The van der Waals surface area contributed by atoms with E-state index in [4.69, 9.17) is 0 Å². The van der Waals surface area contributed by atoms with E-state index in [0.717, 1.165) is 23.2 Å². The highest BCUT2D eigenvalue weighted by Crippen LogP contribution is 2.29. The maximum atomic E-state index is 12.9. The Morgan fingerprint density at radius 3 is 2.26 bits per heavy atom. The zero-order valence-corrected chi connectivity index (χ0v) is 24.2. The molecule has 14 heteroatoms. The summed E-state index contributed by atoms with van der Waals surface area (Å²) < 4.78 is 3.31. The zero-order chi connectivity index (χ0) is 30.4. The summed E-state index contributed by atoms with van der Waals surface area (Å²) in [5, 5.41) is 27.6. The van der Waals surface area contributed by atoms with E-state index in [9.17, 15) is 24.8 Å². The van der Waals surface area contributed by atoms with Crippen LogP contribution in [0.2, 0.25) is 0 Å². The number of carbonyl (C=O) groups is 3. The quantitative estimate of drug-likeness (QED) is 0.161. The van der Waals surface area contributed by atoms with Crippen molar-refractivity contribution in [2.75, 3.05) is 48.1 Å². The van der Waals surface area contributed by atoms with Gasteiger partial charge in [0.1, 0.15) is 17.1 Å². The fraction of sp³-hybridized carbons (Fsp3) is 0.357. The summed E-state index contributed by atoms with van der Waals surface area (Å²) in [6, 6.07) is 9.94. The van der Waals surface area contributed by atoms with Gasteiger partial charge in [0, 0.05) is 45.9 Å². The molecule has 2 amide bonds. The molecule has 1 aliphatic heterocycles. The first-order valence-corrected chi connectivity index (χ1v) is 13.5. The molecule has 3 heterocycles. The molecule has 1 aromatic carbocycles. The lowest BCUT2D eigenvalue weighted by molar-refractivity contribution is -0.116. The van der Waals surface area contributed by atoms with Gasteiger partial charge in [-0.1, -0.05) is 12.1 Å². The number of hydrogen-bond donors (Lipinski definition) is 5. The Balaban J connectivity index is 1.27. The lowest BCUT2D eigenvalue weighted by Crippen LogP contribution is -2.52. The lowest BCUT2D eigenvalue weighted by Gasteiger charge is -2.32. The summed E-state index contributed by atoms with van der Waals surface area (Å²) in [6.07, 6.45) is 5.03. The van der Waals surface area contributed by atoms with Crippen molar-refractivity contribution in [2.45, 2.75) is 25.7 Å². The van der Waals surface area contributed by atoms with E-state index < -0.39 is 0 Å². The molecule has 0 atom stereocenters. The van der Waals surface area contributed by atoms with Gasteiger partial charge in [-0.25, -0.2) is 10.4 Å². The Morgan fingerprint density at radius 2 is 1.55 bits per heavy atom. The van der Waals surface area contributed by atoms with E-state index in [-0.39, 0.29) is 36.5 Å². The van der Waals surface area contributed by atoms with E-state index in [1.807, 2.05) is 19.0 Å². The van der Waals surface area contributed by atoms with E-state index in [2.05, 4.69) is 21.1 Å². The van der Waals surface area contributed by atoms with Crippen LogP contribution in [0.25, 0.3) is 0 Å². The minimum absolute atomic E-state index is 0.0134. The molecule has 42 heavy (non-hydrogen) atoms. The molecule has 1 aliphatic rings. The second-order valence-corrected chi connectivity index (χ2v) is 10.3. The van der Waals surface area contributed by atoms with E-state index in [1.165, 1.54) is 0 Å². The Kier molecular flexibility index (Phi) is 9.62. The summed E-state index contributed by atoms with van der Waals surface area (Å²) in [5.41, 5.74) is 5.12. The molecule has 0 aliphatic carbocycles. The Labute approximate surface area is 243 Å². The lowest BCUT2D eigenvalue weighted by atomic mass is 10.1. The number of hydroxylamine groups is 1. The van der Waals surface area contributed by atoms with Crippen LogP contribution in [0.1, 0.15) is 46.7 Å². The summed E-state index contributed by atoms with van der Waals surface area (Å²) in [6.45, 7) is 1.03. The van der Waals surface area contributed by atoms with Crippen molar-refractivity contribution in [3.8, 4) is 0 Å². The molecule has 0 spiro atoms. The van der Waals surface area contributed by atoms with Crippen LogP contribution in [-0.4, -0.2) is 75.2 Å². The summed E-state index contributed by atoms with van der Waals surface area (Å²) in [7, 11) is 7.39. The van der Waals surface area contributed by atoms with Gasteiger partial charge < -0.3 is 24.7 Å². The number of guanidine groups is 1. The van der Waals surface area contributed by atoms with Gasteiger partial charge in [-0.2, -0.15) is 10.2 Å². The van der Waals surface area contributed by atoms with Crippen LogP contribution in [-0.2, 0) is 18.9 Å². The number of aromatic nitrogens is 2. The fourth-order valence-electron chi connectivity index (χ4n) is 4.54. The molecule has 0 radical (unpaired) electrons. The van der Waals surface area contributed by atoms with Crippen molar-refractivity contribution in [1.29, 1.82) is 0 Å². The van der Waals surface area contributed by atoms with Gasteiger partial charge in [0.2, 0.25) is 11.9 Å². The molecular formula is C28H37N9O5. The SMILES string of the molecule is CN(C)CCCC(=O)c1cc(NC(=O)c2cc(NC(=O)CCCN=C3NN(O)c4ccccc4N3O)cn2C)cn1C. The maximum Gasteiger partial charge on any atom is 0.272 e. The van der Waals surface area contributed by atoms with Crippen LogP contribution in [0.15, 0.2) is 53.8 Å². The fourth-order valence-corrected chi connectivity index (χ4v) is 4.54. The Bertz CT molecular complexity index is 1480. The third-order valence-corrected chi connectivity index (χ3v) is 6.65. The number of hydrazine groups is 1. The molecule has 224 valence electrons. The predicted octanol–water partition coefficient (Wildman–Crippen LogP) is 2.82. The number of amides is 2. The summed E-state index contributed by atoms with van der Waals surface area (Å²) in [5.74, 6) is -0.604. The van der Waals surface area contributed by atoms with Crippen LogP contribution in [0.5, 0.6) is 0 Å². The second kappa shape index (κ2) is 13.3. The van der Waals surface area contributed by atoms with Crippen molar-refractivity contribution < 1.29 is 24.8 Å². The number of benzene rings is 1. The number of nitrogens with one attached hydrogen (secondary N) is 3. The number of aliphatic imine (C=N–C) groups is 1. The smallest absolute Gasteiger partial charge is 0.272 e. The molecule has 0 saturated carbocycles. The molecule has 3 aromatic rings. The number of para-hydroxylation sites is 2. The first kappa shape index (κ1) is 30.3. The van der Waals surface area contributed by atoms with Crippen LogP contribution >= 0.6 is 0 Å². The summed E-state index contributed by atoms with van der Waals surface area (Å²) >= 11 is 0. The first-order chi connectivity index (χ1) is 20.0. The number of Topliss-reactive ketones (excluding diaryl/α,β-unsaturated/α-hetero) is 1. The van der Waals surface area contributed by atoms with Gasteiger partial charge in [-0.15, -0.1) is 0 Å². The summed E-state index contributed by atoms with van der Waals surface area (Å²) in [4.78, 5) is 44.3. The monoisotopic (exact) mass is 579 g/mol. The third kappa shape index (κ3) is 7.34. The number of fused-ring (bicyclic) bond motifs is 1. The number of hydrogen-bond acceptors (Lipinski definition) is 8. The number of ketones is 1. The van der Waals surface area contributed by atoms with Gasteiger partial charge >= 0.3 is 0 Å². The first-order valence-electron chi connectivity index (χ1n) is 13.5. The topological polar surface area (TPSA) is 160 Å². The van der Waals surface area contributed by atoms with Gasteiger partial charge in [0.25, 0.3) is 5.91 Å². The normalized spacial score (nSPS) is 13.7. The van der Waals surface area contributed by atoms with Gasteiger partial charge in [0.15, 0.2) is 5.78 Å². The van der Waals surface area contributed by atoms with Crippen molar-refractivity contribution >= 4 is 46.3 Å². The van der Waals surface area contributed by atoms with Crippen LogP contribution in [0, 0.1) is 0 Å². The number of nitrogens with zero attached hydrogens (tertiary/aromatic N) is 6. The van der Waals surface area contributed by atoms with Crippen LogP contribution < -0.4 is 26.3 Å². The molecule has 0 saturated heterocycles. The van der Waals surface area contributed by atoms with Crippen LogP contribution in [0.4, 0.5) is 22.7 Å². The van der Waals surface area contributed by atoms with E-state index in [1.54, 1.807) is 72.0 Å². The molecular weight excluding hydrogens is 542 g/mol. The van der Waals surface area contributed by atoms with E-state index >= 15 is 0 Å². The Morgan fingerprint density at radius 1 is 0.905 bits per heavy atom. The van der Waals surface area contributed by atoms with Gasteiger partial charge in [-0.05, 0) is 57.7 Å². The average Bonchev–Trinajstić information content (AvgIpc) is 3.49. The van der Waals surface area contributed by atoms with E-state index in [0.29, 0.717) is 47.0 Å². The molecule has 0 bridgehead atoms. The molecule has 5 N–H and O–H groups in total. The number of rotatable bonds is 12. The zero-order valence-electron chi connectivity index (χ0n) is 24.2. The number of carbonyl (C=O) groups excluding carboxylic acids is 3. The molecule has 14 nitrogen and oxygen atoms in total. The predicted molar refractivity (Wildman–Crippen MR) is 159 cm³/mol. The number of anilines is 4. The minimum Gasteiger partial charge on any atom is -0.346 e. The molecule has 0 unspecified atom stereocenters. The molecule has 2 aromatic heterocycles. The average molecular weight is 580 g/mol. The maximum absolute atomic E-state index is 12.9. The Hall–Kier alpha value is -4.66. The highest BCUT2D eigenvalue weighted by molar-refractivity contribution is 6.05. The standard InChI is InChI=1S/C28H37N9O5/c1-33(2)14-8-11-25(38)23-15-20(18-34(23)3)31-27(40)24-16-19(17-35(24)4)30-26(39)12-7-13-29-28-32-37(42)22-10-6-5-9-21(22)36(28)41/h5-6,9-10,15-18,41-42H,7-8,11-14H2,1-4H3,(H,29,32)(H,30,39)(H,31,40). The highest BCUT2D eigenvalue weighted by Gasteiger charge is 2.25. The minimum atomic E-state index is -0.376. The second-order valence-electron chi connectivity index (χ2n) is 10.3. The largest absolute Gasteiger partial charge is 0.346 e. The third-order valence-electron chi connectivity index (χ3n) is 6.65. The highest BCUT2D eigenvalue weighted by atomic mass is 16.6. The van der Waals surface area contributed by atoms with Crippen molar-refractivity contribution in [1.82, 2.24) is 19.5 Å². The van der Waals surface area contributed by atoms with Crippen LogP contribution in [0.3, 0.4) is 0 Å². The van der Waals surface area contributed by atoms with Gasteiger partial charge in [-0.3, -0.25) is 24.8 Å². The van der Waals surface area contributed by atoms with Crippen molar-refractivity contribution in [3.63, 3.8) is 0 Å². The molecule has 0 fully saturated rings. The number of aryl methyl sites for hydroxylation is 2. The van der Waals surface area contributed by atoms with Crippen molar-refractivity contribution in [3.05, 3.63) is 60.2 Å². The van der Waals surface area contributed by atoms with Gasteiger partial charge in [0.05, 0.1) is 17.1 Å². The van der Waals surface area contributed by atoms with Crippen molar-refractivity contribution in [2.24, 2.45) is 19.1 Å².